The van der Waals surface area contributed by atoms with Crippen LogP contribution in [0.4, 0.5) is 0 Å². The number of carbonyl (C=O) groups is 1. The molecule has 0 unspecified atom stereocenters. The summed E-state index contributed by atoms with van der Waals surface area (Å²) in [6.07, 6.45) is 2.96. The predicted octanol–water partition coefficient (Wildman–Crippen LogP) is 2.05. The van der Waals surface area contributed by atoms with E-state index in [1.165, 1.54) is 0 Å². The summed E-state index contributed by atoms with van der Waals surface area (Å²) in [5, 5.41) is 11.8. The first-order valence-corrected chi connectivity index (χ1v) is 10.5. The van der Waals surface area contributed by atoms with Crippen molar-refractivity contribution in [1.82, 2.24) is 14.5 Å². The first kappa shape index (κ1) is 20.0. The Labute approximate surface area is 170 Å². The van der Waals surface area contributed by atoms with E-state index in [0.717, 1.165) is 24.2 Å². The molecule has 0 atom stereocenters. The van der Waals surface area contributed by atoms with Crippen LogP contribution in [0, 0.1) is 0 Å². The van der Waals surface area contributed by atoms with Gasteiger partial charge in [-0.25, -0.2) is 4.98 Å². The average molecular weight is 399 g/mol. The molecule has 7 nitrogen and oxygen atoms in total. The maximum absolute atomic E-state index is 13.2. The second kappa shape index (κ2) is 7.88. The molecular weight excluding hydrogens is 370 g/mol. The first-order valence-electron chi connectivity index (χ1n) is 10.5. The van der Waals surface area contributed by atoms with E-state index in [-0.39, 0.29) is 30.7 Å². The van der Waals surface area contributed by atoms with Crippen molar-refractivity contribution in [1.29, 1.82) is 0 Å². The summed E-state index contributed by atoms with van der Waals surface area (Å²) in [4.78, 5) is 31.8. The normalized spacial score (nSPS) is 19.6. The number of fused-ring (bicyclic) bond motifs is 1. The number of para-hydroxylation sites is 1. The molecule has 29 heavy (non-hydrogen) atoms. The lowest BCUT2D eigenvalue weighted by atomic mass is 9.91. The second-order valence-corrected chi connectivity index (χ2v) is 8.69. The van der Waals surface area contributed by atoms with E-state index in [1.54, 1.807) is 10.6 Å². The molecule has 0 bridgehead atoms. The van der Waals surface area contributed by atoms with Gasteiger partial charge in [0.1, 0.15) is 5.82 Å². The molecule has 0 amide bonds. The zero-order valence-corrected chi connectivity index (χ0v) is 17.1. The number of hydrogen-bond acceptors (Lipinski definition) is 6. The Bertz CT molecular complexity index is 956. The summed E-state index contributed by atoms with van der Waals surface area (Å²) in [6.45, 7) is 5.34. The van der Waals surface area contributed by atoms with Crippen LogP contribution >= 0.6 is 0 Å². The first-order chi connectivity index (χ1) is 13.8. The fourth-order valence-electron chi connectivity index (χ4n) is 4.05. The molecular formula is C22H29N3O4. The highest BCUT2D eigenvalue weighted by molar-refractivity contribution is 5.77. The molecule has 1 saturated heterocycles. The number of hydrogen-bond donors (Lipinski definition) is 1. The molecule has 1 N–H and O–H groups in total. The molecule has 0 radical (unpaired) electrons. The van der Waals surface area contributed by atoms with E-state index in [0.29, 0.717) is 37.2 Å². The smallest absolute Gasteiger partial charge is 0.320 e. The van der Waals surface area contributed by atoms with E-state index in [9.17, 15) is 14.7 Å². The molecule has 2 fully saturated rings. The van der Waals surface area contributed by atoms with E-state index >= 15 is 0 Å². The van der Waals surface area contributed by atoms with E-state index < -0.39 is 5.60 Å². The summed E-state index contributed by atoms with van der Waals surface area (Å²) < 4.78 is 6.91. The van der Waals surface area contributed by atoms with E-state index in [2.05, 4.69) is 0 Å². The van der Waals surface area contributed by atoms with Crippen LogP contribution in [0.5, 0.6) is 0 Å². The monoisotopic (exact) mass is 399 g/mol. The number of carbonyl (C=O) groups excluding carboxylic acids is 1. The number of esters is 1. The molecule has 0 spiro atoms. The van der Waals surface area contributed by atoms with Gasteiger partial charge in [-0.05, 0) is 51.7 Å². The third-order valence-electron chi connectivity index (χ3n) is 5.79. The number of aromatic nitrogens is 2. The Morgan fingerprint density at radius 2 is 1.97 bits per heavy atom. The second-order valence-electron chi connectivity index (χ2n) is 8.69. The fourth-order valence-corrected chi connectivity index (χ4v) is 4.05. The molecule has 4 rings (SSSR count). The van der Waals surface area contributed by atoms with Crippen LogP contribution in [0.1, 0.15) is 51.3 Å². The van der Waals surface area contributed by atoms with Gasteiger partial charge >= 0.3 is 5.97 Å². The molecule has 7 heteroatoms. The summed E-state index contributed by atoms with van der Waals surface area (Å²) >= 11 is 0. The molecule has 1 aliphatic carbocycles. The highest BCUT2D eigenvalue weighted by Crippen LogP contribution is 2.39. The Morgan fingerprint density at radius 3 is 2.62 bits per heavy atom. The van der Waals surface area contributed by atoms with Crippen molar-refractivity contribution in [2.24, 2.45) is 0 Å². The minimum absolute atomic E-state index is 0.0751. The van der Waals surface area contributed by atoms with Gasteiger partial charge in [-0.1, -0.05) is 12.1 Å². The number of likely N-dealkylation sites (tertiary alicyclic amines) is 1. The lowest BCUT2D eigenvalue weighted by Crippen LogP contribution is -2.49. The van der Waals surface area contributed by atoms with Crippen LogP contribution in [0.2, 0.25) is 0 Å². The maximum atomic E-state index is 13.2. The maximum Gasteiger partial charge on any atom is 0.320 e. The van der Waals surface area contributed by atoms with Crippen molar-refractivity contribution < 1.29 is 14.6 Å². The van der Waals surface area contributed by atoms with Gasteiger partial charge in [0, 0.05) is 19.0 Å². The molecule has 1 aliphatic heterocycles. The Kier molecular flexibility index (Phi) is 5.44. The minimum Gasteiger partial charge on any atom is -0.462 e. The average Bonchev–Trinajstić information content (AvgIpc) is 3.50. The number of nitrogens with zero attached hydrogens (tertiary/aromatic N) is 3. The molecule has 1 aromatic carbocycles. The number of benzene rings is 1. The zero-order chi connectivity index (χ0) is 20.6. The largest absolute Gasteiger partial charge is 0.462 e. The number of rotatable bonds is 6. The summed E-state index contributed by atoms with van der Waals surface area (Å²) in [5.41, 5.74) is -0.328. The fraction of sp³-hybridized carbons (Fsp3) is 0.591. The van der Waals surface area contributed by atoms with Crippen molar-refractivity contribution in [3.8, 4) is 0 Å². The van der Waals surface area contributed by atoms with Crippen LogP contribution < -0.4 is 5.56 Å². The van der Waals surface area contributed by atoms with E-state index in [1.807, 2.05) is 36.9 Å². The van der Waals surface area contributed by atoms with Crippen LogP contribution in [-0.2, 0) is 16.1 Å². The third-order valence-corrected chi connectivity index (χ3v) is 5.79. The SMILES string of the molecule is CC(C)OC(=O)CN1CCC(O)(Cn2c(C3CC3)nc3ccccc3c2=O)CC1. The van der Waals surface area contributed by atoms with Gasteiger partial charge in [0.2, 0.25) is 0 Å². The van der Waals surface area contributed by atoms with Gasteiger partial charge in [-0.15, -0.1) is 0 Å². The van der Waals surface area contributed by atoms with Gasteiger partial charge in [0.05, 0.1) is 35.7 Å². The minimum atomic E-state index is -0.976. The van der Waals surface area contributed by atoms with Crippen molar-refractivity contribution in [3.05, 3.63) is 40.4 Å². The number of aliphatic hydroxyl groups is 1. The third kappa shape index (κ3) is 4.51. The number of ether oxygens (including phenoxy) is 1. The predicted molar refractivity (Wildman–Crippen MR) is 110 cm³/mol. The van der Waals surface area contributed by atoms with Gasteiger partial charge in [0.15, 0.2) is 0 Å². The topological polar surface area (TPSA) is 84.7 Å². The van der Waals surface area contributed by atoms with Crippen LogP contribution in [0.15, 0.2) is 29.1 Å². The van der Waals surface area contributed by atoms with Crippen LogP contribution in [0.3, 0.4) is 0 Å². The highest BCUT2D eigenvalue weighted by atomic mass is 16.5. The van der Waals surface area contributed by atoms with Gasteiger partial charge in [0.25, 0.3) is 5.56 Å². The molecule has 2 aromatic rings. The van der Waals surface area contributed by atoms with Crippen molar-refractivity contribution in [2.45, 2.75) is 63.7 Å². The van der Waals surface area contributed by atoms with Gasteiger partial charge in [-0.3, -0.25) is 19.1 Å². The van der Waals surface area contributed by atoms with Crippen molar-refractivity contribution in [3.63, 3.8) is 0 Å². The standard InChI is InChI=1S/C22H29N3O4/c1-15(2)29-19(26)13-24-11-9-22(28,10-12-24)14-25-20(16-7-8-16)23-18-6-4-3-5-17(18)21(25)27/h3-6,15-16,28H,7-14H2,1-2H3. The Balaban J connectivity index is 1.50. The zero-order valence-electron chi connectivity index (χ0n) is 17.1. The van der Waals surface area contributed by atoms with Crippen LogP contribution in [0.25, 0.3) is 10.9 Å². The molecule has 1 saturated carbocycles. The van der Waals surface area contributed by atoms with Crippen molar-refractivity contribution >= 4 is 16.9 Å². The molecule has 2 heterocycles. The number of piperidine rings is 1. The van der Waals surface area contributed by atoms with Gasteiger partial charge < -0.3 is 9.84 Å². The van der Waals surface area contributed by atoms with Crippen molar-refractivity contribution in [2.75, 3.05) is 19.6 Å². The highest BCUT2D eigenvalue weighted by Gasteiger charge is 2.37. The molecule has 2 aliphatic rings. The molecule has 156 valence electrons. The van der Waals surface area contributed by atoms with Gasteiger partial charge in [-0.2, -0.15) is 0 Å². The Hall–Kier alpha value is -2.25. The lowest BCUT2D eigenvalue weighted by molar-refractivity contribution is -0.150. The lowest BCUT2D eigenvalue weighted by Gasteiger charge is -2.38. The summed E-state index contributed by atoms with van der Waals surface area (Å²) in [7, 11) is 0. The van der Waals surface area contributed by atoms with E-state index in [4.69, 9.17) is 9.72 Å². The molecule has 1 aromatic heterocycles. The summed E-state index contributed by atoms with van der Waals surface area (Å²) in [6, 6.07) is 7.40. The summed E-state index contributed by atoms with van der Waals surface area (Å²) in [5.74, 6) is 0.864. The Morgan fingerprint density at radius 1 is 1.28 bits per heavy atom. The van der Waals surface area contributed by atoms with Crippen LogP contribution in [-0.4, -0.2) is 56.9 Å². The quantitative estimate of drug-likeness (QED) is 0.749.